The number of hydrogen-bond acceptors (Lipinski definition) is 7. The van der Waals surface area contributed by atoms with Crippen LogP contribution in [0.15, 0.2) is 82.0 Å². The SMILES string of the molecule is CCC1=C(C(=O)OC)C(c2cccc(C)c2)N2C(CC(=O)NCCOc3ccccc3)=CSC2=N1. The first-order valence-electron chi connectivity index (χ1n) is 11.6. The minimum atomic E-state index is -0.416. The Bertz CT molecular complexity index is 1190. The number of allylic oxidation sites excluding steroid dienone is 1. The van der Waals surface area contributed by atoms with Crippen LogP contribution in [0.4, 0.5) is 0 Å². The number of thioether (sulfide) groups is 1. The molecule has 0 saturated heterocycles. The fourth-order valence-electron chi connectivity index (χ4n) is 4.17. The van der Waals surface area contributed by atoms with Crippen molar-refractivity contribution in [1.29, 1.82) is 0 Å². The molecule has 8 heteroatoms. The number of amidine groups is 1. The van der Waals surface area contributed by atoms with Crippen molar-refractivity contribution >= 4 is 28.8 Å². The van der Waals surface area contributed by atoms with Gasteiger partial charge >= 0.3 is 5.97 Å². The number of hydrogen-bond donors (Lipinski definition) is 1. The summed E-state index contributed by atoms with van der Waals surface area (Å²) in [6.45, 7) is 4.76. The predicted octanol–water partition coefficient (Wildman–Crippen LogP) is 4.72. The first-order chi connectivity index (χ1) is 17.0. The smallest absolute Gasteiger partial charge is 0.338 e. The number of ether oxygens (including phenoxy) is 2. The van der Waals surface area contributed by atoms with Gasteiger partial charge in [-0.2, -0.15) is 0 Å². The van der Waals surface area contributed by atoms with E-state index in [0.717, 1.165) is 27.7 Å². The summed E-state index contributed by atoms with van der Waals surface area (Å²) in [7, 11) is 1.38. The van der Waals surface area contributed by atoms with Gasteiger partial charge in [-0.05, 0) is 36.4 Å². The van der Waals surface area contributed by atoms with Crippen LogP contribution in [0.2, 0.25) is 0 Å². The van der Waals surface area contributed by atoms with Gasteiger partial charge in [0.2, 0.25) is 5.91 Å². The number of amides is 1. The molecule has 182 valence electrons. The summed E-state index contributed by atoms with van der Waals surface area (Å²) in [6, 6.07) is 17.1. The second kappa shape index (κ2) is 11.3. The van der Waals surface area contributed by atoms with E-state index in [-0.39, 0.29) is 12.3 Å². The summed E-state index contributed by atoms with van der Waals surface area (Å²) in [5.41, 5.74) is 4.04. The number of aryl methyl sites for hydroxylation is 1. The van der Waals surface area contributed by atoms with E-state index < -0.39 is 12.0 Å². The van der Waals surface area contributed by atoms with Crippen LogP contribution in [0.3, 0.4) is 0 Å². The maximum Gasteiger partial charge on any atom is 0.338 e. The van der Waals surface area contributed by atoms with Gasteiger partial charge in [0.25, 0.3) is 0 Å². The van der Waals surface area contributed by atoms with Crippen LogP contribution in [0.1, 0.15) is 36.9 Å². The summed E-state index contributed by atoms with van der Waals surface area (Å²) in [5, 5.41) is 5.62. The van der Waals surface area contributed by atoms with Crippen LogP contribution in [-0.2, 0) is 14.3 Å². The largest absolute Gasteiger partial charge is 0.492 e. The second-order valence-corrected chi connectivity index (χ2v) is 9.04. The second-order valence-electron chi connectivity index (χ2n) is 8.20. The number of nitrogens with one attached hydrogen (secondary N) is 1. The van der Waals surface area contributed by atoms with E-state index in [1.54, 1.807) is 0 Å². The predicted molar refractivity (Wildman–Crippen MR) is 138 cm³/mol. The maximum absolute atomic E-state index is 12.9. The van der Waals surface area contributed by atoms with Crippen molar-refractivity contribution in [3.63, 3.8) is 0 Å². The lowest BCUT2D eigenvalue weighted by atomic mass is 9.92. The normalized spacial score (nSPS) is 16.9. The number of methoxy groups -OCH3 is 1. The molecule has 1 amide bonds. The van der Waals surface area contributed by atoms with Crippen LogP contribution >= 0.6 is 11.8 Å². The molecule has 0 saturated carbocycles. The molecule has 2 aliphatic heterocycles. The first kappa shape index (κ1) is 24.6. The van der Waals surface area contributed by atoms with Gasteiger partial charge in [0.1, 0.15) is 12.4 Å². The molecule has 0 spiro atoms. The average molecular weight is 492 g/mol. The van der Waals surface area contributed by atoms with Gasteiger partial charge in [0.05, 0.1) is 37.4 Å². The highest BCUT2D eigenvalue weighted by molar-refractivity contribution is 8.16. The Labute approximate surface area is 209 Å². The molecule has 0 radical (unpaired) electrons. The highest BCUT2D eigenvalue weighted by Gasteiger charge is 2.41. The third-order valence-electron chi connectivity index (χ3n) is 5.76. The molecule has 0 aliphatic carbocycles. The number of rotatable bonds is 9. The fraction of sp³-hybridized carbons (Fsp3) is 0.296. The third-order valence-corrected chi connectivity index (χ3v) is 6.65. The van der Waals surface area contributed by atoms with Crippen molar-refractivity contribution in [2.24, 2.45) is 4.99 Å². The summed E-state index contributed by atoms with van der Waals surface area (Å²) in [6.07, 6.45) is 0.761. The highest BCUT2D eigenvalue weighted by Crippen LogP contribution is 2.45. The Morgan fingerprint density at radius 2 is 1.94 bits per heavy atom. The van der Waals surface area contributed by atoms with Crippen molar-refractivity contribution in [1.82, 2.24) is 10.2 Å². The zero-order chi connectivity index (χ0) is 24.8. The average Bonchev–Trinajstić information content (AvgIpc) is 3.27. The molecule has 2 aromatic carbocycles. The van der Waals surface area contributed by atoms with Crippen molar-refractivity contribution in [2.75, 3.05) is 20.3 Å². The molecule has 0 bridgehead atoms. The van der Waals surface area contributed by atoms with Crippen molar-refractivity contribution in [3.05, 3.63) is 88.1 Å². The molecule has 4 rings (SSSR count). The number of esters is 1. The minimum Gasteiger partial charge on any atom is -0.492 e. The minimum absolute atomic E-state index is 0.123. The van der Waals surface area contributed by atoms with Gasteiger partial charge in [-0.15, -0.1) is 0 Å². The lowest BCUT2D eigenvalue weighted by Gasteiger charge is -2.36. The highest BCUT2D eigenvalue weighted by atomic mass is 32.2. The number of carbonyl (C=O) groups excluding carboxylic acids is 2. The molecule has 7 nitrogen and oxygen atoms in total. The van der Waals surface area contributed by atoms with E-state index in [9.17, 15) is 9.59 Å². The monoisotopic (exact) mass is 491 g/mol. The molecular weight excluding hydrogens is 462 g/mol. The first-order valence-corrected chi connectivity index (χ1v) is 12.5. The van der Waals surface area contributed by atoms with Crippen molar-refractivity contribution in [2.45, 2.75) is 32.7 Å². The van der Waals surface area contributed by atoms with E-state index >= 15 is 0 Å². The topological polar surface area (TPSA) is 80.2 Å². The fourth-order valence-corrected chi connectivity index (χ4v) is 5.11. The number of carbonyl (C=O) groups is 2. The number of para-hydroxylation sites is 1. The molecule has 35 heavy (non-hydrogen) atoms. The van der Waals surface area contributed by atoms with Crippen LogP contribution in [0.25, 0.3) is 0 Å². The number of benzene rings is 2. The Morgan fingerprint density at radius 1 is 1.14 bits per heavy atom. The van der Waals surface area contributed by atoms with E-state index in [2.05, 4.69) is 11.4 Å². The van der Waals surface area contributed by atoms with Gasteiger partial charge in [-0.3, -0.25) is 4.79 Å². The molecule has 2 aliphatic rings. The van der Waals surface area contributed by atoms with E-state index in [1.165, 1.54) is 18.9 Å². The summed E-state index contributed by atoms with van der Waals surface area (Å²) in [4.78, 5) is 32.5. The number of nitrogens with zero attached hydrogens (tertiary/aromatic N) is 2. The molecule has 1 unspecified atom stereocenters. The van der Waals surface area contributed by atoms with Crippen molar-refractivity contribution in [3.8, 4) is 5.75 Å². The van der Waals surface area contributed by atoms with E-state index in [0.29, 0.717) is 30.8 Å². The molecule has 1 atom stereocenters. The number of aliphatic imine (C=N–C) groups is 1. The van der Waals surface area contributed by atoms with Crippen LogP contribution in [0, 0.1) is 6.92 Å². The zero-order valence-electron chi connectivity index (χ0n) is 20.1. The molecule has 1 N–H and O–H groups in total. The quantitative estimate of drug-likeness (QED) is 0.404. The van der Waals surface area contributed by atoms with E-state index in [1.807, 2.05) is 72.7 Å². The Morgan fingerprint density at radius 3 is 2.66 bits per heavy atom. The molecular formula is C27H29N3O4S. The summed E-state index contributed by atoms with van der Waals surface area (Å²) in [5.74, 6) is 0.234. The van der Waals surface area contributed by atoms with Crippen LogP contribution in [0.5, 0.6) is 5.75 Å². The van der Waals surface area contributed by atoms with Gasteiger partial charge in [-0.25, -0.2) is 9.79 Å². The van der Waals surface area contributed by atoms with Crippen LogP contribution in [-0.4, -0.2) is 42.2 Å². The Kier molecular flexibility index (Phi) is 7.92. The number of fused-ring (bicyclic) bond motifs is 1. The Balaban J connectivity index is 1.51. The van der Waals surface area contributed by atoms with Crippen LogP contribution < -0.4 is 10.1 Å². The van der Waals surface area contributed by atoms with E-state index in [4.69, 9.17) is 14.5 Å². The summed E-state index contributed by atoms with van der Waals surface area (Å²) >= 11 is 1.47. The lowest BCUT2D eigenvalue weighted by molar-refractivity contribution is -0.136. The van der Waals surface area contributed by atoms with Gasteiger partial charge in [-0.1, -0.05) is 66.7 Å². The third kappa shape index (κ3) is 5.59. The maximum atomic E-state index is 12.9. The zero-order valence-corrected chi connectivity index (χ0v) is 20.9. The van der Waals surface area contributed by atoms with Crippen molar-refractivity contribution < 1.29 is 19.1 Å². The molecule has 2 aromatic rings. The van der Waals surface area contributed by atoms with Gasteiger partial charge in [0, 0.05) is 5.70 Å². The standard InChI is InChI=1S/C27H29N3O4S/c1-4-22-24(26(32)33-3)25(19-10-8-9-18(2)15-19)30-20(17-35-27(30)29-22)16-23(31)28-13-14-34-21-11-6-5-7-12-21/h5-12,15,17,25H,4,13-14,16H2,1-3H3,(H,28,31). The molecule has 0 aromatic heterocycles. The van der Waals surface area contributed by atoms with Gasteiger partial charge in [0.15, 0.2) is 5.17 Å². The lowest BCUT2D eigenvalue weighted by Crippen LogP contribution is -2.38. The Hall–Kier alpha value is -3.52. The molecule has 0 fully saturated rings. The summed E-state index contributed by atoms with van der Waals surface area (Å²) < 4.78 is 10.8. The molecule has 2 heterocycles. The van der Waals surface area contributed by atoms with Gasteiger partial charge < -0.3 is 19.7 Å².